The Morgan fingerprint density at radius 3 is 1.62 bits per heavy atom. The smallest absolute Gasteiger partial charge is 0.713 e. The Morgan fingerprint density at radius 1 is 0.810 bits per heavy atom. The van der Waals surface area contributed by atoms with Crippen molar-refractivity contribution in [3.63, 3.8) is 0 Å². The largest absolute Gasteiger partial charge is 1.00 e. The average Bonchev–Trinajstić information content (AvgIpc) is 2.49. The van der Waals surface area contributed by atoms with E-state index in [-0.39, 0.29) is 29.6 Å². The second kappa shape index (κ2) is 12.5. The molecule has 0 saturated carbocycles. The first-order valence-corrected chi connectivity index (χ1v) is 7.64. The summed E-state index contributed by atoms with van der Waals surface area (Å²) in [6, 6.07) is 10.2. The maximum absolute atomic E-state index is 6.45. The molecule has 21 heavy (non-hydrogen) atoms. The van der Waals surface area contributed by atoms with E-state index in [1.54, 1.807) is 0 Å². The van der Waals surface area contributed by atoms with Crippen LogP contribution in [0.3, 0.4) is 0 Å². The Labute approximate surface area is 152 Å². The molecule has 3 N–H and O–H groups in total. The van der Waals surface area contributed by atoms with E-state index < -0.39 is 6.35 Å². The van der Waals surface area contributed by atoms with Crippen molar-refractivity contribution in [2.45, 2.75) is 19.0 Å². The predicted octanol–water partition coefficient (Wildman–Crippen LogP) is -1.33. The summed E-state index contributed by atoms with van der Waals surface area (Å²) in [6.07, 6.45) is 2.32. The summed E-state index contributed by atoms with van der Waals surface area (Å²) in [6.45, 7) is 2.96. The number of para-hydroxylation sites is 1. The fourth-order valence-corrected chi connectivity index (χ4v) is 2.62. The Bertz CT molecular complexity index is 332. The first kappa shape index (κ1) is 21.0. The van der Waals surface area contributed by atoms with E-state index in [1.807, 2.05) is 39.3 Å². The summed E-state index contributed by atoms with van der Waals surface area (Å²) in [5, 5.41) is 9.77. The molecule has 0 aliphatic carbocycles. The van der Waals surface area contributed by atoms with Gasteiger partial charge in [-0.25, -0.2) is 0 Å². The molecule has 6 heteroatoms. The SMILES string of the molecule is CNCC[B-](CCNC)(CCNC)Oc1ccccc1.[Na+]. The number of hydrogen-bond acceptors (Lipinski definition) is 4. The van der Waals surface area contributed by atoms with Crippen LogP contribution in [0.2, 0.25) is 19.0 Å². The van der Waals surface area contributed by atoms with E-state index in [4.69, 9.17) is 4.65 Å². The Kier molecular flexibility index (Phi) is 12.5. The van der Waals surface area contributed by atoms with E-state index in [0.717, 1.165) is 44.3 Å². The quantitative estimate of drug-likeness (QED) is 0.443. The van der Waals surface area contributed by atoms with Crippen molar-refractivity contribution in [2.75, 3.05) is 40.8 Å². The Hall–Kier alpha value is -0.0351. The molecular formula is C15H29BN3NaO. The summed E-state index contributed by atoms with van der Waals surface area (Å²) in [7, 11) is 6.00. The van der Waals surface area contributed by atoms with Crippen LogP contribution in [0.25, 0.3) is 0 Å². The molecule has 1 aromatic rings. The van der Waals surface area contributed by atoms with Gasteiger partial charge in [-0.3, -0.25) is 0 Å². The summed E-state index contributed by atoms with van der Waals surface area (Å²) in [5.41, 5.74) is 0. The maximum Gasteiger partial charge on any atom is 1.00 e. The molecule has 114 valence electrons. The van der Waals surface area contributed by atoms with Crippen molar-refractivity contribution in [1.29, 1.82) is 0 Å². The monoisotopic (exact) mass is 301 g/mol. The van der Waals surface area contributed by atoms with Crippen LogP contribution in [0.1, 0.15) is 0 Å². The zero-order valence-corrected chi connectivity index (χ0v) is 16.1. The first-order chi connectivity index (χ1) is 9.76. The van der Waals surface area contributed by atoms with E-state index in [9.17, 15) is 0 Å². The molecular weight excluding hydrogens is 272 g/mol. The molecule has 0 bridgehead atoms. The minimum Gasteiger partial charge on any atom is -0.713 e. The van der Waals surface area contributed by atoms with Gasteiger partial charge in [-0.15, -0.1) is 19.0 Å². The van der Waals surface area contributed by atoms with Gasteiger partial charge in [-0.05, 0) is 52.9 Å². The first-order valence-electron chi connectivity index (χ1n) is 7.64. The second-order valence-electron chi connectivity index (χ2n) is 5.47. The van der Waals surface area contributed by atoms with Crippen LogP contribution < -0.4 is 50.2 Å². The zero-order chi connectivity index (χ0) is 14.7. The normalized spacial score (nSPS) is 11.0. The van der Waals surface area contributed by atoms with E-state index in [0.29, 0.717) is 0 Å². The Morgan fingerprint density at radius 2 is 1.24 bits per heavy atom. The molecule has 0 heterocycles. The molecule has 1 aromatic carbocycles. The van der Waals surface area contributed by atoms with Crippen LogP contribution >= 0.6 is 0 Å². The zero-order valence-electron chi connectivity index (χ0n) is 14.1. The molecule has 0 spiro atoms. The average molecular weight is 301 g/mol. The van der Waals surface area contributed by atoms with E-state index >= 15 is 0 Å². The minimum absolute atomic E-state index is 0. The van der Waals surface area contributed by atoms with Crippen molar-refractivity contribution in [3.8, 4) is 5.75 Å². The van der Waals surface area contributed by atoms with Gasteiger partial charge in [0.05, 0.1) is 5.75 Å². The molecule has 0 fully saturated rings. The van der Waals surface area contributed by atoms with Gasteiger partial charge in [-0.1, -0.05) is 18.2 Å². The maximum atomic E-state index is 6.45. The van der Waals surface area contributed by atoms with Gasteiger partial charge in [0.2, 0.25) is 0 Å². The van der Waals surface area contributed by atoms with Gasteiger partial charge in [-0.2, -0.15) is 0 Å². The van der Waals surface area contributed by atoms with E-state index in [1.165, 1.54) is 0 Å². The van der Waals surface area contributed by atoms with Gasteiger partial charge in [0.1, 0.15) is 0 Å². The van der Waals surface area contributed by atoms with Crippen molar-refractivity contribution >= 4 is 6.35 Å². The number of benzene rings is 1. The van der Waals surface area contributed by atoms with Crippen molar-refractivity contribution < 1.29 is 34.2 Å². The topological polar surface area (TPSA) is 45.3 Å². The summed E-state index contributed by atoms with van der Waals surface area (Å²) in [5.74, 6) is 0.982. The third-order valence-corrected chi connectivity index (χ3v) is 3.89. The molecule has 0 saturated heterocycles. The van der Waals surface area contributed by atoms with Gasteiger partial charge >= 0.3 is 29.6 Å². The van der Waals surface area contributed by atoms with Crippen molar-refractivity contribution in [3.05, 3.63) is 30.3 Å². The van der Waals surface area contributed by atoms with Crippen LogP contribution in [0.15, 0.2) is 30.3 Å². The van der Waals surface area contributed by atoms with Gasteiger partial charge in [0, 0.05) is 0 Å². The van der Waals surface area contributed by atoms with Crippen molar-refractivity contribution in [2.24, 2.45) is 0 Å². The second-order valence-corrected chi connectivity index (χ2v) is 5.47. The predicted molar refractivity (Wildman–Crippen MR) is 89.0 cm³/mol. The van der Waals surface area contributed by atoms with E-state index in [2.05, 4.69) is 28.1 Å². The van der Waals surface area contributed by atoms with Crippen LogP contribution in [-0.4, -0.2) is 47.1 Å². The van der Waals surface area contributed by atoms with Gasteiger partial charge in [0.25, 0.3) is 0 Å². The van der Waals surface area contributed by atoms with Crippen LogP contribution in [0.5, 0.6) is 5.75 Å². The Balaban J connectivity index is 0.00000400. The molecule has 0 unspecified atom stereocenters. The summed E-state index contributed by atoms with van der Waals surface area (Å²) < 4.78 is 6.45. The van der Waals surface area contributed by atoms with Gasteiger partial charge in [0.15, 0.2) is 6.35 Å². The number of rotatable bonds is 11. The van der Waals surface area contributed by atoms with Crippen LogP contribution in [0, 0.1) is 0 Å². The number of nitrogens with one attached hydrogen (secondary N) is 3. The third kappa shape index (κ3) is 8.24. The molecule has 0 atom stereocenters. The molecule has 0 amide bonds. The van der Waals surface area contributed by atoms with Crippen LogP contribution in [0.4, 0.5) is 0 Å². The standard InChI is InChI=1S/C15H29BN3O.Na/c1-17-12-9-16(10-13-18-2,11-14-19-3)20-15-7-5-4-6-8-15;/h4-8,17-19H,9-14H2,1-3H3;/q-1;+1. The number of hydrogen-bond donors (Lipinski definition) is 3. The van der Waals surface area contributed by atoms with Crippen LogP contribution in [-0.2, 0) is 0 Å². The minimum atomic E-state index is -0.875. The molecule has 0 aliphatic rings. The molecule has 0 aromatic heterocycles. The molecule has 1 rings (SSSR count). The molecule has 4 nitrogen and oxygen atoms in total. The van der Waals surface area contributed by atoms with Gasteiger partial charge < -0.3 is 20.6 Å². The fourth-order valence-electron chi connectivity index (χ4n) is 2.62. The fraction of sp³-hybridized carbons (Fsp3) is 0.600. The molecule has 0 radical (unpaired) electrons. The molecule has 0 aliphatic heterocycles. The van der Waals surface area contributed by atoms with Crippen molar-refractivity contribution in [1.82, 2.24) is 16.0 Å². The summed E-state index contributed by atoms with van der Waals surface area (Å²) in [4.78, 5) is 0. The third-order valence-electron chi connectivity index (χ3n) is 3.89. The summed E-state index contributed by atoms with van der Waals surface area (Å²) >= 11 is 0.